The van der Waals surface area contributed by atoms with Gasteiger partial charge in [-0.2, -0.15) is 0 Å². The van der Waals surface area contributed by atoms with Gasteiger partial charge >= 0.3 is 0 Å². The molecule has 19 heavy (non-hydrogen) atoms. The van der Waals surface area contributed by atoms with Crippen LogP contribution in [0.15, 0.2) is 48.7 Å². The van der Waals surface area contributed by atoms with Gasteiger partial charge < -0.3 is 9.55 Å². The molecule has 3 rings (SSSR count). The molecule has 0 aliphatic heterocycles. The van der Waals surface area contributed by atoms with E-state index in [1.54, 1.807) is 11.3 Å². The van der Waals surface area contributed by atoms with Crippen LogP contribution in [0.3, 0.4) is 0 Å². The monoisotopic (exact) mass is 306 g/mol. The van der Waals surface area contributed by atoms with Crippen LogP contribution in [0, 0.1) is 4.77 Å². The summed E-state index contributed by atoms with van der Waals surface area (Å²) >= 11 is 12.9. The molecule has 2 aromatic heterocycles. The molecular weight excluding hydrogens is 296 g/mol. The average Bonchev–Trinajstić information content (AvgIpc) is 2.99. The summed E-state index contributed by atoms with van der Waals surface area (Å²) in [7, 11) is 0. The van der Waals surface area contributed by atoms with E-state index in [1.165, 1.54) is 4.88 Å². The molecule has 2 nitrogen and oxygen atoms in total. The summed E-state index contributed by atoms with van der Waals surface area (Å²) in [5.74, 6) is 0. The summed E-state index contributed by atoms with van der Waals surface area (Å²) < 4.78 is 3.62. The second-order valence-electron chi connectivity index (χ2n) is 4.14. The minimum absolute atomic E-state index is 0.725. The van der Waals surface area contributed by atoms with Crippen LogP contribution in [0.1, 0.15) is 4.88 Å². The van der Waals surface area contributed by atoms with Crippen molar-refractivity contribution in [2.24, 2.45) is 0 Å². The van der Waals surface area contributed by atoms with Crippen molar-refractivity contribution in [3.8, 4) is 11.3 Å². The van der Waals surface area contributed by atoms with Crippen molar-refractivity contribution in [2.75, 3.05) is 0 Å². The van der Waals surface area contributed by atoms with Gasteiger partial charge in [-0.05, 0) is 29.9 Å². The number of nitrogens with one attached hydrogen (secondary N) is 1. The molecule has 0 amide bonds. The molecule has 0 fully saturated rings. The Balaban J connectivity index is 2.02. The Kier molecular flexibility index (Phi) is 3.55. The lowest BCUT2D eigenvalue weighted by Gasteiger charge is -2.07. The van der Waals surface area contributed by atoms with Crippen molar-refractivity contribution in [3.63, 3.8) is 0 Å². The highest BCUT2D eigenvalue weighted by Crippen LogP contribution is 2.25. The van der Waals surface area contributed by atoms with Crippen LogP contribution < -0.4 is 0 Å². The van der Waals surface area contributed by atoms with E-state index in [2.05, 4.69) is 21.7 Å². The normalized spacial score (nSPS) is 10.8. The van der Waals surface area contributed by atoms with E-state index in [0.29, 0.717) is 0 Å². The SMILES string of the molecule is S=c1[nH]cc(-c2ccccc2)n1Cc1ccc(Cl)s1. The molecule has 0 unspecified atom stereocenters. The van der Waals surface area contributed by atoms with Gasteiger partial charge in [0.2, 0.25) is 0 Å². The molecule has 0 aliphatic carbocycles. The van der Waals surface area contributed by atoms with Crippen molar-refractivity contribution in [2.45, 2.75) is 6.54 Å². The number of halogens is 1. The van der Waals surface area contributed by atoms with Crippen molar-refractivity contribution in [1.82, 2.24) is 9.55 Å². The number of nitrogens with zero attached hydrogens (tertiary/aromatic N) is 1. The van der Waals surface area contributed by atoms with Crippen LogP contribution in [0.25, 0.3) is 11.3 Å². The zero-order valence-corrected chi connectivity index (χ0v) is 12.4. The lowest BCUT2D eigenvalue weighted by atomic mass is 10.2. The van der Waals surface area contributed by atoms with Crippen molar-refractivity contribution in [1.29, 1.82) is 0 Å². The van der Waals surface area contributed by atoms with Crippen LogP contribution in [0.4, 0.5) is 0 Å². The molecule has 1 N–H and O–H groups in total. The molecule has 3 aromatic rings. The van der Waals surface area contributed by atoms with E-state index in [1.807, 2.05) is 36.5 Å². The average molecular weight is 307 g/mol. The maximum Gasteiger partial charge on any atom is 0.177 e. The van der Waals surface area contributed by atoms with E-state index in [0.717, 1.165) is 26.9 Å². The zero-order chi connectivity index (χ0) is 13.2. The van der Waals surface area contributed by atoms with Gasteiger partial charge in [-0.1, -0.05) is 41.9 Å². The maximum absolute atomic E-state index is 5.97. The fourth-order valence-corrected chi connectivity index (χ4v) is 3.29. The third-order valence-corrected chi connectivity index (χ3v) is 4.43. The van der Waals surface area contributed by atoms with E-state index >= 15 is 0 Å². The summed E-state index contributed by atoms with van der Waals surface area (Å²) in [5.41, 5.74) is 2.24. The molecular formula is C14H11ClN2S2. The quantitative estimate of drug-likeness (QED) is 0.677. The molecule has 5 heteroatoms. The molecule has 0 bridgehead atoms. The van der Waals surface area contributed by atoms with Gasteiger partial charge in [0.25, 0.3) is 0 Å². The van der Waals surface area contributed by atoms with E-state index < -0.39 is 0 Å². The minimum Gasteiger partial charge on any atom is -0.337 e. The number of benzene rings is 1. The summed E-state index contributed by atoms with van der Waals surface area (Å²) in [6.45, 7) is 0.740. The van der Waals surface area contributed by atoms with E-state index in [-0.39, 0.29) is 0 Å². The lowest BCUT2D eigenvalue weighted by molar-refractivity contribution is 0.803. The Hall–Kier alpha value is -1.36. The number of aromatic nitrogens is 2. The second kappa shape index (κ2) is 5.33. The Morgan fingerprint density at radius 2 is 1.95 bits per heavy atom. The maximum atomic E-state index is 5.97. The lowest BCUT2D eigenvalue weighted by Crippen LogP contribution is -2.00. The largest absolute Gasteiger partial charge is 0.337 e. The molecule has 0 saturated carbocycles. The molecule has 0 saturated heterocycles. The van der Waals surface area contributed by atoms with E-state index in [4.69, 9.17) is 23.8 Å². The topological polar surface area (TPSA) is 20.7 Å². The first-order chi connectivity index (χ1) is 9.24. The van der Waals surface area contributed by atoms with Gasteiger partial charge in [0.15, 0.2) is 4.77 Å². The molecule has 2 heterocycles. The fraction of sp³-hybridized carbons (Fsp3) is 0.0714. The number of aromatic amines is 1. The minimum atomic E-state index is 0.725. The molecule has 0 aliphatic rings. The molecule has 0 radical (unpaired) electrons. The van der Waals surface area contributed by atoms with Gasteiger partial charge in [0.1, 0.15) is 0 Å². The molecule has 0 spiro atoms. The number of hydrogen-bond donors (Lipinski definition) is 1. The fourth-order valence-electron chi connectivity index (χ4n) is 1.99. The van der Waals surface area contributed by atoms with Crippen LogP contribution in [-0.2, 0) is 6.54 Å². The van der Waals surface area contributed by atoms with E-state index in [9.17, 15) is 0 Å². The van der Waals surface area contributed by atoms with Gasteiger partial charge in [-0.15, -0.1) is 11.3 Å². The first-order valence-electron chi connectivity index (χ1n) is 5.82. The molecule has 1 aromatic carbocycles. The van der Waals surface area contributed by atoms with Crippen LogP contribution >= 0.6 is 35.2 Å². The van der Waals surface area contributed by atoms with Gasteiger partial charge in [-0.3, -0.25) is 0 Å². The van der Waals surface area contributed by atoms with Crippen LogP contribution in [-0.4, -0.2) is 9.55 Å². The molecule has 96 valence electrons. The highest BCUT2D eigenvalue weighted by atomic mass is 35.5. The third kappa shape index (κ3) is 2.66. The van der Waals surface area contributed by atoms with Crippen molar-refractivity contribution in [3.05, 3.63) is 62.6 Å². The zero-order valence-electron chi connectivity index (χ0n) is 9.97. The summed E-state index contributed by atoms with van der Waals surface area (Å²) in [6, 6.07) is 14.2. The standard InChI is InChI=1S/C14H11ClN2S2/c15-13-7-6-11(19-13)9-17-12(8-16-14(17)18)10-4-2-1-3-5-10/h1-8H,9H2,(H,16,18). The van der Waals surface area contributed by atoms with Crippen LogP contribution in [0.5, 0.6) is 0 Å². The van der Waals surface area contributed by atoms with Gasteiger partial charge in [0, 0.05) is 11.1 Å². The Labute approximate surface area is 125 Å². The first kappa shape index (κ1) is 12.7. The smallest absolute Gasteiger partial charge is 0.177 e. The van der Waals surface area contributed by atoms with Crippen LogP contribution in [0.2, 0.25) is 4.34 Å². The molecule has 0 atom stereocenters. The van der Waals surface area contributed by atoms with Crippen molar-refractivity contribution >= 4 is 35.2 Å². The predicted octanol–water partition coefficient (Wildman–Crippen LogP) is 4.98. The predicted molar refractivity (Wildman–Crippen MR) is 83.5 cm³/mol. The summed E-state index contributed by atoms with van der Waals surface area (Å²) in [4.78, 5) is 4.30. The Morgan fingerprint density at radius 1 is 1.16 bits per heavy atom. The van der Waals surface area contributed by atoms with Gasteiger partial charge in [0.05, 0.1) is 16.6 Å². The Bertz CT molecular complexity index is 740. The first-order valence-corrected chi connectivity index (χ1v) is 7.42. The van der Waals surface area contributed by atoms with Crippen molar-refractivity contribution < 1.29 is 0 Å². The Morgan fingerprint density at radius 3 is 2.63 bits per heavy atom. The number of H-pyrrole nitrogens is 1. The summed E-state index contributed by atoms with van der Waals surface area (Å²) in [6.07, 6.45) is 1.95. The highest BCUT2D eigenvalue weighted by Gasteiger charge is 2.08. The number of hydrogen-bond acceptors (Lipinski definition) is 2. The number of rotatable bonds is 3. The second-order valence-corrected chi connectivity index (χ2v) is 6.32. The third-order valence-electron chi connectivity index (χ3n) is 2.88. The number of thiophene rings is 1. The highest BCUT2D eigenvalue weighted by molar-refractivity contribution is 7.71. The van der Waals surface area contributed by atoms with Gasteiger partial charge in [-0.25, -0.2) is 0 Å². The number of imidazole rings is 1. The summed E-state index contributed by atoms with van der Waals surface area (Å²) in [5, 5.41) is 0.